The molecule has 1 saturated carbocycles. The number of nitrogens with one attached hydrogen (secondary N) is 1. The number of rotatable bonds is 3. The fraction of sp³-hybridized carbons (Fsp3) is 0.588. The first kappa shape index (κ1) is 14.2. The number of hydrogen-bond acceptors (Lipinski definition) is 4. The van der Waals surface area contributed by atoms with Crippen molar-refractivity contribution in [3.05, 3.63) is 23.8 Å². The number of anilines is 1. The Balaban J connectivity index is 1.79. The van der Waals surface area contributed by atoms with Gasteiger partial charge in [-0.1, -0.05) is 18.9 Å². The molecule has 112 valence electrons. The molecule has 1 N–H and O–H groups in total. The van der Waals surface area contributed by atoms with Crippen molar-refractivity contribution in [2.45, 2.75) is 50.2 Å². The van der Waals surface area contributed by atoms with Gasteiger partial charge in [0.15, 0.2) is 0 Å². The van der Waals surface area contributed by atoms with Crippen LogP contribution in [0.1, 0.15) is 44.1 Å². The van der Waals surface area contributed by atoms with E-state index in [0.29, 0.717) is 11.6 Å². The molecule has 3 rings (SSSR count). The Morgan fingerprint density at radius 2 is 2.19 bits per heavy atom. The van der Waals surface area contributed by atoms with E-state index in [4.69, 9.17) is 9.47 Å². The summed E-state index contributed by atoms with van der Waals surface area (Å²) in [5, 5.41) is 12.8. The molecule has 4 nitrogen and oxygen atoms in total. The van der Waals surface area contributed by atoms with Crippen LogP contribution in [0.25, 0.3) is 0 Å². The van der Waals surface area contributed by atoms with Crippen LogP contribution in [-0.2, 0) is 4.74 Å². The lowest BCUT2D eigenvalue weighted by Gasteiger charge is -2.39. The molecule has 0 aromatic heterocycles. The molecule has 1 aromatic rings. The van der Waals surface area contributed by atoms with Gasteiger partial charge in [0, 0.05) is 12.6 Å². The number of para-hydroxylation sites is 1. The van der Waals surface area contributed by atoms with E-state index in [2.05, 4.69) is 11.4 Å². The molecule has 0 bridgehead atoms. The molecule has 1 aliphatic heterocycles. The second-order valence-corrected chi connectivity index (χ2v) is 6.07. The molecular weight excluding hydrogens is 264 g/mol. The van der Waals surface area contributed by atoms with Crippen LogP contribution in [0.15, 0.2) is 18.2 Å². The van der Waals surface area contributed by atoms with Gasteiger partial charge in [-0.15, -0.1) is 0 Å². The number of benzene rings is 1. The summed E-state index contributed by atoms with van der Waals surface area (Å²) in [6.07, 6.45) is 6.88. The highest BCUT2D eigenvalue weighted by atomic mass is 16.5. The molecule has 1 atom stereocenters. The molecule has 1 spiro atoms. The summed E-state index contributed by atoms with van der Waals surface area (Å²) in [6, 6.07) is 8.17. The van der Waals surface area contributed by atoms with E-state index in [-0.39, 0.29) is 5.60 Å². The zero-order valence-electron chi connectivity index (χ0n) is 12.5. The van der Waals surface area contributed by atoms with Crippen molar-refractivity contribution in [1.29, 1.82) is 5.26 Å². The minimum absolute atomic E-state index is 0.0741. The Morgan fingerprint density at radius 1 is 1.38 bits per heavy atom. The molecule has 0 radical (unpaired) electrons. The fourth-order valence-electron chi connectivity index (χ4n) is 3.67. The van der Waals surface area contributed by atoms with Crippen LogP contribution >= 0.6 is 0 Å². The smallest absolute Gasteiger partial charge is 0.143 e. The highest BCUT2D eigenvalue weighted by Gasteiger charge is 2.40. The number of hydrogen-bond donors (Lipinski definition) is 1. The standard InChI is InChI=1S/C17H22N2O2/c1-20-15-6-4-5-13(12-18)16(15)19-14-7-10-21-17(11-14)8-2-3-9-17/h4-6,14,19H,2-3,7-11H2,1H3. The van der Waals surface area contributed by atoms with Crippen LogP contribution in [0.3, 0.4) is 0 Å². The Labute approximate surface area is 126 Å². The first-order chi connectivity index (χ1) is 10.3. The van der Waals surface area contributed by atoms with Crippen molar-refractivity contribution in [2.24, 2.45) is 0 Å². The van der Waals surface area contributed by atoms with E-state index in [1.165, 1.54) is 25.7 Å². The largest absolute Gasteiger partial charge is 0.495 e. The topological polar surface area (TPSA) is 54.3 Å². The van der Waals surface area contributed by atoms with Gasteiger partial charge in [-0.2, -0.15) is 5.26 Å². The third kappa shape index (κ3) is 2.84. The van der Waals surface area contributed by atoms with Crippen LogP contribution in [0.4, 0.5) is 5.69 Å². The minimum Gasteiger partial charge on any atom is -0.495 e. The summed E-state index contributed by atoms with van der Waals surface area (Å²) in [4.78, 5) is 0. The first-order valence-corrected chi connectivity index (χ1v) is 7.74. The van der Waals surface area contributed by atoms with Gasteiger partial charge in [0.1, 0.15) is 11.8 Å². The predicted octanol–water partition coefficient (Wildman–Crippen LogP) is 3.47. The van der Waals surface area contributed by atoms with E-state index < -0.39 is 0 Å². The van der Waals surface area contributed by atoms with Crippen molar-refractivity contribution in [2.75, 3.05) is 19.0 Å². The minimum atomic E-state index is 0.0741. The summed E-state index contributed by atoms with van der Waals surface area (Å²) in [5.74, 6) is 0.737. The van der Waals surface area contributed by atoms with Crippen LogP contribution in [0.5, 0.6) is 5.75 Å². The molecule has 2 aliphatic rings. The molecular formula is C17H22N2O2. The van der Waals surface area contributed by atoms with Gasteiger partial charge in [0.05, 0.1) is 24.0 Å². The van der Waals surface area contributed by atoms with Crippen molar-refractivity contribution < 1.29 is 9.47 Å². The maximum absolute atomic E-state index is 9.30. The second-order valence-electron chi connectivity index (χ2n) is 6.07. The lowest BCUT2D eigenvalue weighted by atomic mass is 9.88. The van der Waals surface area contributed by atoms with Crippen LogP contribution < -0.4 is 10.1 Å². The zero-order valence-corrected chi connectivity index (χ0v) is 12.5. The molecule has 0 amide bonds. The van der Waals surface area contributed by atoms with Crippen molar-refractivity contribution >= 4 is 5.69 Å². The normalized spacial score (nSPS) is 23.7. The Kier molecular flexibility index (Phi) is 4.03. The Bertz CT molecular complexity index is 544. The number of ether oxygens (including phenoxy) is 2. The van der Waals surface area contributed by atoms with Gasteiger partial charge in [0.25, 0.3) is 0 Å². The summed E-state index contributed by atoms with van der Waals surface area (Å²) < 4.78 is 11.5. The Morgan fingerprint density at radius 3 is 2.90 bits per heavy atom. The van der Waals surface area contributed by atoms with Crippen LogP contribution in [-0.4, -0.2) is 25.4 Å². The van der Waals surface area contributed by atoms with E-state index >= 15 is 0 Å². The summed E-state index contributed by atoms with van der Waals surface area (Å²) in [5.41, 5.74) is 1.54. The maximum atomic E-state index is 9.30. The monoisotopic (exact) mass is 286 g/mol. The number of nitriles is 1. The summed E-state index contributed by atoms with van der Waals surface area (Å²) >= 11 is 0. The third-order valence-electron chi connectivity index (χ3n) is 4.72. The van der Waals surface area contributed by atoms with Gasteiger partial charge in [-0.05, 0) is 37.8 Å². The zero-order chi connectivity index (χ0) is 14.7. The average molecular weight is 286 g/mol. The Hall–Kier alpha value is -1.73. The van der Waals surface area contributed by atoms with Gasteiger partial charge in [0.2, 0.25) is 0 Å². The fourth-order valence-corrected chi connectivity index (χ4v) is 3.67. The second kappa shape index (κ2) is 5.95. The van der Waals surface area contributed by atoms with E-state index in [9.17, 15) is 5.26 Å². The summed E-state index contributed by atoms with van der Waals surface area (Å²) in [6.45, 7) is 0.800. The van der Waals surface area contributed by atoms with Gasteiger partial charge >= 0.3 is 0 Å². The predicted molar refractivity (Wildman–Crippen MR) is 81.5 cm³/mol. The van der Waals surface area contributed by atoms with Crippen LogP contribution in [0.2, 0.25) is 0 Å². The van der Waals surface area contributed by atoms with Crippen molar-refractivity contribution in [3.8, 4) is 11.8 Å². The van der Waals surface area contributed by atoms with Crippen molar-refractivity contribution in [1.82, 2.24) is 0 Å². The third-order valence-corrected chi connectivity index (χ3v) is 4.72. The van der Waals surface area contributed by atoms with Crippen molar-refractivity contribution in [3.63, 3.8) is 0 Å². The quantitative estimate of drug-likeness (QED) is 0.924. The molecule has 21 heavy (non-hydrogen) atoms. The molecule has 1 aromatic carbocycles. The molecule has 1 unspecified atom stereocenters. The van der Waals surface area contributed by atoms with E-state index in [0.717, 1.165) is 30.9 Å². The lowest BCUT2D eigenvalue weighted by Crippen LogP contribution is -2.42. The lowest BCUT2D eigenvalue weighted by molar-refractivity contribution is -0.0767. The average Bonchev–Trinajstić information content (AvgIpc) is 2.95. The molecule has 4 heteroatoms. The molecule has 1 aliphatic carbocycles. The molecule has 2 fully saturated rings. The highest BCUT2D eigenvalue weighted by Crippen LogP contribution is 2.41. The summed E-state index contributed by atoms with van der Waals surface area (Å²) in [7, 11) is 1.64. The number of methoxy groups -OCH3 is 1. The molecule has 1 heterocycles. The van der Waals surface area contributed by atoms with E-state index in [1.54, 1.807) is 7.11 Å². The first-order valence-electron chi connectivity index (χ1n) is 7.74. The van der Waals surface area contributed by atoms with Gasteiger partial charge in [-0.25, -0.2) is 0 Å². The number of nitrogens with zero attached hydrogens (tertiary/aromatic N) is 1. The van der Waals surface area contributed by atoms with E-state index in [1.807, 2.05) is 18.2 Å². The van der Waals surface area contributed by atoms with Gasteiger partial charge < -0.3 is 14.8 Å². The van der Waals surface area contributed by atoms with Crippen LogP contribution in [0, 0.1) is 11.3 Å². The van der Waals surface area contributed by atoms with Gasteiger partial charge in [-0.3, -0.25) is 0 Å². The molecule has 1 saturated heterocycles. The SMILES string of the molecule is COc1cccc(C#N)c1NC1CCOC2(CCCC2)C1. The maximum Gasteiger partial charge on any atom is 0.143 e. The highest BCUT2D eigenvalue weighted by molar-refractivity contribution is 5.66.